The van der Waals surface area contributed by atoms with E-state index in [4.69, 9.17) is 10.2 Å². The first-order valence-corrected chi connectivity index (χ1v) is 6.62. The van der Waals surface area contributed by atoms with Gasteiger partial charge in [-0.2, -0.15) is 5.26 Å². The van der Waals surface area contributed by atoms with Gasteiger partial charge in [0.15, 0.2) is 0 Å². The molecular weight excluding hydrogens is 222 g/mol. The molecule has 18 heavy (non-hydrogen) atoms. The highest BCUT2D eigenvalue weighted by Gasteiger charge is 2.47. The Balaban J connectivity index is 1.81. The molecule has 1 aromatic heterocycles. The van der Waals surface area contributed by atoms with E-state index in [0.717, 1.165) is 22.9 Å². The molecule has 0 N–H and O–H groups in total. The van der Waals surface area contributed by atoms with Crippen molar-refractivity contribution >= 4 is 11.0 Å². The van der Waals surface area contributed by atoms with Crippen molar-refractivity contribution in [1.29, 1.82) is 5.26 Å². The summed E-state index contributed by atoms with van der Waals surface area (Å²) in [6.45, 7) is 0. The molecular formula is C15H15N3. The summed E-state index contributed by atoms with van der Waals surface area (Å²) in [5.74, 6) is 3.80. The minimum atomic E-state index is 0.636. The third-order valence-corrected chi connectivity index (χ3v) is 4.65. The molecule has 2 fully saturated rings. The Labute approximate surface area is 106 Å². The number of aryl methyl sites for hydroxylation is 1. The summed E-state index contributed by atoms with van der Waals surface area (Å²) >= 11 is 0. The Hall–Kier alpha value is -1.82. The summed E-state index contributed by atoms with van der Waals surface area (Å²) < 4.78 is 2.21. The van der Waals surface area contributed by atoms with Gasteiger partial charge in [0.1, 0.15) is 5.82 Å². The van der Waals surface area contributed by atoms with Gasteiger partial charge in [-0.1, -0.05) is 0 Å². The van der Waals surface area contributed by atoms with Gasteiger partial charge >= 0.3 is 0 Å². The van der Waals surface area contributed by atoms with Gasteiger partial charge in [0, 0.05) is 13.0 Å². The highest BCUT2D eigenvalue weighted by molar-refractivity contribution is 5.77. The van der Waals surface area contributed by atoms with E-state index >= 15 is 0 Å². The fraction of sp³-hybridized carbons (Fsp3) is 0.467. The fourth-order valence-corrected chi connectivity index (χ4v) is 3.58. The minimum Gasteiger partial charge on any atom is -0.331 e. The van der Waals surface area contributed by atoms with Crippen LogP contribution in [0, 0.1) is 23.2 Å². The molecule has 0 saturated heterocycles. The van der Waals surface area contributed by atoms with Crippen molar-refractivity contribution in [3.05, 3.63) is 29.6 Å². The van der Waals surface area contributed by atoms with E-state index < -0.39 is 0 Å². The molecule has 1 heterocycles. The van der Waals surface area contributed by atoms with Crippen LogP contribution in [0.5, 0.6) is 0 Å². The van der Waals surface area contributed by atoms with Crippen LogP contribution < -0.4 is 0 Å². The van der Waals surface area contributed by atoms with Gasteiger partial charge in [0.25, 0.3) is 0 Å². The van der Waals surface area contributed by atoms with Crippen LogP contribution in [-0.4, -0.2) is 9.55 Å². The lowest BCUT2D eigenvalue weighted by molar-refractivity contribution is 0.572. The molecule has 0 amide bonds. The van der Waals surface area contributed by atoms with Crippen LogP contribution in [0.25, 0.3) is 11.0 Å². The first kappa shape index (κ1) is 10.1. The summed E-state index contributed by atoms with van der Waals surface area (Å²) in [4.78, 5) is 4.77. The van der Waals surface area contributed by atoms with Gasteiger partial charge < -0.3 is 4.57 Å². The number of imidazole rings is 1. The number of hydrogen-bond acceptors (Lipinski definition) is 2. The largest absolute Gasteiger partial charge is 0.331 e. The molecule has 0 bridgehead atoms. The Morgan fingerprint density at radius 1 is 1.28 bits per heavy atom. The highest BCUT2D eigenvalue weighted by Crippen LogP contribution is 2.57. The number of hydrogen-bond donors (Lipinski definition) is 0. The number of nitrogens with zero attached hydrogens (tertiary/aromatic N) is 3. The molecule has 2 saturated carbocycles. The highest BCUT2D eigenvalue weighted by atomic mass is 15.1. The lowest BCUT2D eigenvalue weighted by Gasteiger charge is -2.11. The molecule has 0 aliphatic heterocycles. The number of aromatic nitrogens is 2. The summed E-state index contributed by atoms with van der Waals surface area (Å²) in [6, 6.07) is 7.97. The van der Waals surface area contributed by atoms with E-state index in [-0.39, 0.29) is 0 Å². The summed E-state index contributed by atoms with van der Waals surface area (Å²) in [7, 11) is 2.10. The number of benzene rings is 1. The van der Waals surface area contributed by atoms with Crippen molar-refractivity contribution in [2.45, 2.75) is 25.2 Å². The molecule has 0 spiro atoms. The second-order valence-corrected chi connectivity index (χ2v) is 5.77. The van der Waals surface area contributed by atoms with E-state index in [9.17, 15) is 0 Å². The SMILES string of the molecule is Cn1c(C2CC3CC3C2)nc2cc(C#N)ccc21. The maximum atomic E-state index is 8.94. The number of fused-ring (bicyclic) bond motifs is 2. The minimum absolute atomic E-state index is 0.636. The molecule has 2 aliphatic rings. The third kappa shape index (κ3) is 1.32. The first-order chi connectivity index (χ1) is 8.76. The predicted molar refractivity (Wildman–Crippen MR) is 69.0 cm³/mol. The van der Waals surface area contributed by atoms with E-state index in [1.54, 1.807) is 0 Å². The van der Waals surface area contributed by atoms with Crippen LogP contribution in [0.15, 0.2) is 18.2 Å². The van der Waals surface area contributed by atoms with E-state index in [1.165, 1.54) is 25.1 Å². The molecule has 2 aromatic rings. The van der Waals surface area contributed by atoms with Gasteiger partial charge in [-0.15, -0.1) is 0 Å². The molecule has 2 atom stereocenters. The summed E-state index contributed by atoms with van der Waals surface area (Å²) in [5.41, 5.74) is 2.80. The zero-order chi connectivity index (χ0) is 12.3. The van der Waals surface area contributed by atoms with E-state index in [1.807, 2.05) is 18.2 Å². The molecule has 3 nitrogen and oxygen atoms in total. The van der Waals surface area contributed by atoms with Gasteiger partial charge in [-0.25, -0.2) is 4.98 Å². The smallest absolute Gasteiger partial charge is 0.112 e. The Bertz CT molecular complexity index is 667. The van der Waals surface area contributed by atoms with Crippen molar-refractivity contribution in [2.75, 3.05) is 0 Å². The van der Waals surface area contributed by atoms with E-state index in [0.29, 0.717) is 11.5 Å². The molecule has 90 valence electrons. The topological polar surface area (TPSA) is 41.6 Å². The van der Waals surface area contributed by atoms with Crippen molar-refractivity contribution in [3.63, 3.8) is 0 Å². The zero-order valence-corrected chi connectivity index (χ0v) is 10.4. The molecule has 2 aliphatic carbocycles. The monoisotopic (exact) mass is 237 g/mol. The lowest BCUT2D eigenvalue weighted by atomic mass is 10.0. The summed E-state index contributed by atoms with van der Waals surface area (Å²) in [6.07, 6.45) is 4.07. The van der Waals surface area contributed by atoms with Crippen molar-refractivity contribution in [1.82, 2.24) is 9.55 Å². The zero-order valence-electron chi connectivity index (χ0n) is 10.4. The van der Waals surface area contributed by atoms with Gasteiger partial charge in [-0.05, 0) is 49.3 Å². The van der Waals surface area contributed by atoms with Crippen molar-refractivity contribution < 1.29 is 0 Å². The van der Waals surface area contributed by atoms with Crippen LogP contribution in [-0.2, 0) is 7.05 Å². The summed E-state index contributed by atoms with van der Waals surface area (Å²) in [5, 5.41) is 8.94. The lowest BCUT2D eigenvalue weighted by Crippen LogP contribution is -2.04. The number of rotatable bonds is 1. The quantitative estimate of drug-likeness (QED) is 0.765. The fourth-order valence-electron chi connectivity index (χ4n) is 3.58. The van der Waals surface area contributed by atoms with Gasteiger partial charge in [0.05, 0.1) is 22.7 Å². The second-order valence-electron chi connectivity index (χ2n) is 5.77. The maximum Gasteiger partial charge on any atom is 0.112 e. The van der Waals surface area contributed by atoms with Gasteiger partial charge in [0.2, 0.25) is 0 Å². The molecule has 0 radical (unpaired) electrons. The van der Waals surface area contributed by atoms with Crippen molar-refractivity contribution in [3.8, 4) is 6.07 Å². The molecule has 3 heteroatoms. The third-order valence-electron chi connectivity index (χ3n) is 4.65. The Kier molecular flexibility index (Phi) is 1.89. The van der Waals surface area contributed by atoms with Crippen LogP contribution in [0.1, 0.15) is 36.6 Å². The van der Waals surface area contributed by atoms with Gasteiger partial charge in [-0.3, -0.25) is 0 Å². The van der Waals surface area contributed by atoms with Crippen LogP contribution in [0.4, 0.5) is 0 Å². The standard InChI is InChI=1S/C15H15N3/c1-18-14-3-2-9(8-16)4-13(14)17-15(18)12-6-10-5-11(10)7-12/h2-4,10-12H,5-7H2,1H3. The van der Waals surface area contributed by atoms with Crippen LogP contribution >= 0.6 is 0 Å². The van der Waals surface area contributed by atoms with E-state index in [2.05, 4.69) is 17.7 Å². The molecule has 1 aromatic carbocycles. The Morgan fingerprint density at radius 2 is 2.06 bits per heavy atom. The predicted octanol–water partition coefficient (Wildman–Crippen LogP) is 2.96. The number of nitriles is 1. The second kappa shape index (κ2) is 3.35. The van der Waals surface area contributed by atoms with Crippen LogP contribution in [0.2, 0.25) is 0 Å². The van der Waals surface area contributed by atoms with Crippen molar-refractivity contribution in [2.24, 2.45) is 18.9 Å². The average molecular weight is 237 g/mol. The molecule has 2 unspecified atom stereocenters. The Morgan fingerprint density at radius 3 is 2.78 bits per heavy atom. The molecule has 4 rings (SSSR count). The first-order valence-electron chi connectivity index (χ1n) is 6.62. The maximum absolute atomic E-state index is 8.94. The normalized spacial score (nSPS) is 29.2. The average Bonchev–Trinajstić information content (AvgIpc) is 2.86. The van der Waals surface area contributed by atoms with Crippen LogP contribution in [0.3, 0.4) is 0 Å².